The molecule has 1 aliphatic rings. The lowest BCUT2D eigenvalue weighted by Gasteiger charge is -2.23. The minimum atomic E-state index is 0.576. The van der Waals surface area contributed by atoms with Crippen LogP contribution in [0.5, 0.6) is 0 Å². The van der Waals surface area contributed by atoms with Crippen molar-refractivity contribution in [2.24, 2.45) is 0 Å². The van der Waals surface area contributed by atoms with Crippen LogP contribution in [0.3, 0.4) is 0 Å². The van der Waals surface area contributed by atoms with Gasteiger partial charge in [-0.15, -0.1) is 0 Å². The number of nitrogens with one attached hydrogen (secondary N) is 1. The molecule has 0 aliphatic carbocycles. The summed E-state index contributed by atoms with van der Waals surface area (Å²) in [6.45, 7) is 5.63. The third-order valence-electron chi connectivity index (χ3n) is 3.38. The van der Waals surface area contributed by atoms with E-state index in [1.54, 1.807) is 0 Å². The topological polar surface area (TPSA) is 24.9 Å². The van der Waals surface area contributed by atoms with Crippen LogP contribution < -0.4 is 5.32 Å². The van der Waals surface area contributed by atoms with Crippen LogP contribution in [0.2, 0.25) is 0 Å². The van der Waals surface area contributed by atoms with E-state index >= 15 is 0 Å². The van der Waals surface area contributed by atoms with Gasteiger partial charge in [-0.1, -0.05) is 26.3 Å². The maximum absolute atomic E-state index is 4.34. The van der Waals surface area contributed by atoms with E-state index in [-0.39, 0.29) is 0 Å². The molecule has 0 radical (unpaired) electrons. The Bertz CT molecular complexity index is 327. The standard InChI is InChI=1S/C14H22N2/c1-11(2)13-7-12(9-15-10-13)8-14-5-3-4-6-16-14/h7,9-11,14,16H,3-6,8H2,1-2H3. The molecule has 0 aromatic carbocycles. The van der Waals surface area contributed by atoms with Crippen LogP contribution in [0.15, 0.2) is 18.5 Å². The summed E-state index contributed by atoms with van der Waals surface area (Å²) in [6.07, 6.45) is 9.15. The summed E-state index contributed by atoms with van der Waals surface area (Å²) in [6, 6.07) is 2.98. The van der Waals surface area contributed by atoms with Crippen LogP contribution in [-0.4, -0.2) is 17.6 Å². The molecule has 1 atom stereocenters. The fourth-order valence-electron chi connectivity index (χ4n) is 2.32. The maximum atomic E-state index is 4.34. The molecule has 2 rings (SSSR count). The molecular weight excluding hydrogens is 196 g/mol. The number of nitrogens with zero attached hydrogens (tertiary/aromatic N) is 1. The summed E-state index contributed by atoms with van der Waals surface area (Å²) in [5.74, 6) is 0.576. The Kier molecular flexibility index (Phi) is 3.94. The molecule has 16 heavy (non-hydrogen) atoms. The average molecular weight is 218 g/mol. The van der Waals surface area contributed by atoms with E-state index in [4.69, 9.17) is 0 Å². The summed E-state index contributed by atoms with van der Waals surface area (Å²) in [4.78, 5) is 4.34. The first-order chi connectivity index (χ1) is 7.75. The minimum Gasteiger partial charge on any atom is -0.314 e. The van der Waals surface area contributed by atoms with E-state index in [0.29, 0.717) is 12.0 Å². The smallest absolute Gasteiger partial charge is 0.0302 e. The maximum Gasteiger partial charge on any atom is 0.0302 e. The molecule has 0 spiro atoms. The van der Waals surface area contributed by atoms with Crippen molar-refractivity contribution in [2.75, 3.05) is 6.54 Å². The Morgan fingerprint density at radius 1 is 1.38 bits per heavy atom. The van der Waals surface area contributed by atoms with Crippen molar-refractivity contribution in [1.82, 2.24) is 10.3 Å². The van der Waals surface area contributed by atoms with Gasteiger partial charge in [0.1, 0.15) is 0 Å². The highest BCUT2D eigenvalue weighted by molar-refractivity contribution is 5.21. The summed E-state index contributed by atoms with van der Waals surface area (Å²) >= 11 is 0. The van der Waals surface area contributed by atoms with Crippen LogP contribution >= 0.6 is 0 Å². The summed E-state index contributed by atoms with van der Waals surface area (Å²) in [7, 11) is 0. The zero-order chi connectivity index (χ0) is 11.4. The second kappa shape index (κ2) is 5.44. The van der Waals surface area contributed by atoms with Crippen LogP contribution in [-0.2, 0) is 6.42 Å². The van der Waals surface area contributed by atoms with E-state index in [1.807, 2.05) is 12.4 Å². The largest absolute Gasteiger partial charge is 0.314 e. The molecule has 0 bridgehead atoms. The number of hydrogen-bond donors (Lipinski definition) is 1. The van der Waals surface area contributed by atoms with E-state index < -0.39 is 0 Å². The Hall–Kier alpha value is -0.890. The fraction of sp³-hybridized carbons (Fsp3) is 0.643. The average Bonchev–Trinajstić information content (AvgIpc) is 2.30. The van der Waals surface area contributed by atoms with Crippen molar-refractivity contribution in [3.63, 3.8) is 0 Å². The molecule has 0 amide bonds. The number of rotatable bonds is 3. The first-order valence-electron chi connectivity index (χ1n) is 6.43. The van der Waals surface area contributed by atoms with Gasteiger partial charge in [-0.3, -0.25) is 4.98 Å². The number of pyridine rings is 1. The third-order valence-corrected chi connectivity index (χ3v) is 3.38. The van der Waals surface area contributed by atoms with E-state index in [2.05, 4.69) is 30.2 Å². The SMILES string of the molecule is CC(C)c1cncc(CC2CCCCN2)c1. The molecule has 1 aromatic heterocycles. The second-order valence-corrected chi connectivity index (χ2v) is 5.13. The third kappa shape index (κ3) is 3.05. The molecule has 1 unspecified atom stereocenters. The summed E-state index contributed by atoms with van der Waals surface area (Å²) < 4.78 is 0. The van der Waals surface area contributed by atoms with E-state index in [9.17, 15) is 0 Å². The molecule has 1 aromatic rings. The molecule has 2 heteroatoms. The van der Waals surface area contributed by atoms with Gasteiger partial charge in [-0.05, 0) is 42.9 Å². The van der Waals surface area contributed by atoms with Gasteiger partial charge < -0.3 is 5.32 Å². The zero-order valence-electron chi connectivity index (χ0n) is 10.4. The van der Waals surface area contributed by atoms with Crippen LogP contribution in [0.4, 0.5) is 0 Å². The van der Waals surface area contributed by atoms with Crippen molar-refractivity contribution < 1.29 is 0 Å². The lowest BCUT2D eigenvalue weighted by atomic mass is 9.96. The monoisotopic (exact) mass is 218 g/mol. The first kappa shape index (κ1) is 11.6. The van der Waals surface area contributed by atoms with Crippen molar-refractivity contribution in [3.8, 4) is 0 Å². The number of aromatic nitrogens is 1. The molecule has 1 aliphatic heterocycles. The highest BCUT2D eigenvalue weighted by Crippen LogP contribution is 2.17. The van der Waals surface area contributed by atoms with E-state index in [0.717, 1.165) is 6.42 Å². The summed E-state index contributed by atoms with van der Waals surface area (Å²) in [5, 5.41) is 3.59. The highest BCUT2D eigenvalue weighted by atomic mass is 14.9. The number of piperidine rings is 1. The molecule has 2 nitrogen and oxygen atoms in total. The molecule has 0 saturated carbocycles. The summed E-state index contributed by atoms with van der Waals surface area (Å²) in [5.41, 5.74) is 2.74. The van der Waals surface area contributed by atoms with Crippen molar-refractivity contribution >= 4 is 0 Å². The van der Waals surface area contributed by atoms with Gasteiger partial charge in [0.15, 0.2) is 0 Å². The van der Waals surface area contributed by atoms with Gasteiger partial charge in [0, 0.05) is 18.4 Å². The molecule has 1 saturated heterocycles. The predicted octanol–water partition coefficient (Wildman–Crippen LogP) is 2.89. The van der Waals surface area contributed by atoms with Crippen molar-refractivity contribution in [3.05, 3.63) is 29.6 Å². The second-order valence-electron chi connectivity index (χ2n) is 5.13. The quantitative estimate of drug-likeness (QED) is 0.844. The Labute approximate surface area is 98.5 Å². The normalized spacial score (nSPS) is 21.3. The Balaban J connectivity index is 2.00. The molecule has 2 heterocycles. The molecule has 1 N–H and O–H groups in total. The first-order valence-corrected chi connectivity index (χ1v) is 6.43. The van der Waals surface area contributed by atoms with Crippen LogP contribution in [0.1, 0.15) is 50.2 Å². The van der Waals surface area contributed by atoms with Gasteiger partial charge in [-0.2, -0.15) is 0 Å². The zero-order valence-corrected chi connectivity index (χ0v) is 10.4. The van der Waals surface area contributed by atoms with Crippen molar-refractivity contribution in [1.29, 1.82) is 0 Å². The van der Waals surface area contributed by atoms with Crippen molar-refractivity contribution in [2.45, 2.75) is 51.5 Å². The van der Waals surface area contributed by atoms with Gasteiger partial charge in [0.2, 0.25) is 0 Å². The fourth-order valence-corrected chi connectivity index (χ4v) is 2.32. The highest BCUT2D eigenvalue weighted by Gasteiger charge is 2.13. The molecule has 88 valence electrons. The molecule has 1 fully saturated rings. The van der Waals surface area contributed by atoms with Gasteiger partial charge in [0.05, 0.1) is 0 Å². The predicted molar refractivity (Wildman–Crippen MR) is 67.7 cm³/mol. The van der Waals surface area contributed by atoms with Gasteiger partial charge in [-0.25, -0.2) is 0 Å². The Morgan fingerprint density at radius 2 is 2.25 bits per heavy atom. The van der Waals surface area contributed by atoms with Gasteiger partial charge in [0.25, 0.3) is 0 Å². The molecular formula is C14H22N2. The lowest BCUT2D eigenvalue weighted by Crippen LogP contribution is -2.35. The van der Waals surface area contributed by atoms with E-state index in [1.165, 1.54) is 36.9 Å². The minimum absolute atomic E-state index is 0.576. The lowest BCUT2D eigenvalue weighted by molar-refractivity contribution is 0.399. The number of hydrogen-bond acceptors (Lipinski definition) is 2. The van der Waals surface area contributed by atoms with Gasteiger partial charge >= 0.3 is 0 Å². The van der Waals surface area contributed by atoms with Crippen LogP contribution in [0.25, 0.3) is 0 Å². The Morgan fingerprint density at radius 3 is 2.94 bits per heavy atom. The van der Waals surface area contributed by atoms with Crippen LogP contribution in [0, 0.1) is 0 Å².